The number of amides is 2. The molecule has 4 atom stereocenters. The van der Waals surface area contributed by atoms with Crippen LogP contribution in [0.4, 0.5) is 10.5 Å². The number of fused-ring (bicyclic) bond motifs is 1. The number of benzene rings is 1. The van der Waals surface area contributed by atoms with E-state index in [9.17, 15) is 9.59 Å². The normalized spacial score (nSPS) is 26.8. The van der Waals surface area contributed by atoms with Gasteiger partial charge in [0.2, 0.25) is 5.91 Å². The van der Waals surface area contributed by atoms with E-state index in [0.29, 0.717) is 18.0 Å². The van der Waals surface area contributed by atoms with Crippen LogP contribution in [-0.2, 0) is 23.7 Å². The van der Waals surface area contributed by atoms with Gasteiger partial charge in [0, 0.05) is 12.8 Å². The molecule has 2 aliphatic rings. The van der Waals surface area contributed by atoms with Crippen molar-refractivity contribution < 1.29 is 33.3 Å². The number of methoxy groups -OCH3 is 2. The Balaban J connectivity index is 1.50. The Kier molecular flexibility index (Phi) is 5.92. The van der Waals surface area contributed by atoms with E-state index in [4.69, 9.17) is 23.7 Å². The van der Waals surface area contributed by atoms with Gasteiger partial charge in [-0.2, -0.15) is 0 Å². The van der Waals surface area contributed by atoms with Gasteiger partial charge in [-0.25, -0.2) is 4.79 Å². The lowest BCUT2D eigenvalue weighted by atomic mass is 10.1. The van der Waals surface area contributed by atoms with Gasteiger partial charge in [0.1, 0.15) is 24.6 Å². The van der Waals surface area contributed by atoms with Crippen LogP contribution in [0.1, 0.15) is 0 Å². The molecule has 26 heavy (non-hydrogen) atoms. The Morgan fingerprint density at radius 3 is 2.54 bits per heavy atom. The summed E-state index contributed by atoms with van der Waals surface area (Å²) in [7, 11) is 3.02. The molecule has 0 saturated carbocycles. The standard InChI is InChI=1S/C17H22N2O7/c1-22-9-14(20)19-12-7-24-16-13(8-25-15(12)16)26-17(21)18-10-3-5-11(23-2)6-4-10/h3-6,12-13,15-16H,7-9H2,1-2H3,(H,18,21)(H,19,20)/t12-,13-,15-,16+/m1/s1. The van der Waals surface area contributed by atoms with Crippen molar-refractivity contribution in [2.24, 2.45) is 0 Å². The molecular formula is C17H22N2O7. The van der Waals surface area contributed by atoms with Crippen molar-refractivity contribution >= 4 is 17.7 Å². The monoisotopic (exact) mass is 366 g/mol. The zero-order valence-corrected chi connectivity index (χ0v) is 14.6. The lowest BCUT2D eigenvalue weighted by Gasteiger charge is -2.18. The lowest BCUT2D eigenvalue weighted by Crippen LogP contribution is -2.45. The van der Waals surface area contributed by atoms with Gasteiger partial charge in [0.05, 0.1) is 26.4 Å². The van der Waals surface area contributed by atoms with Gasteiger partial charge in [0.25, 0.3) is 0 Å². The number of nitrogens with one attached hydrogen (secondary N) is 2. The highest BCUT2D eigenvalue weighted by molar-refractivity contribution is 5.84. The maximum atomic E-state index is 12.1. The smallest absolute Gasteiger partial charge is 0.412 e. The van der Waals surface area contributed by atoms with Gasteiger partial charge < -0.3 is 29.0 Å². The van der Waals surface area contributed by atoms with Crippen molar-refractivity contribution in [1.29, 1.82) is 0 Å². The molecule has 3 rings (SSSR count). The maximum absolute atomic E-state index is 12.1. The first-order valence-corrected chi connectivity index (χ1v) is 8.24. The molecular weight excluding hydrogens is 344 g/mol. The van der Waals surface area contributed by atoms with E-state index in [1.807, 2.05) is 0 Å². The highest BCUT2D eigenvalue weighted by Gasteiger charge is 2.49. The van der Waals surface area contributed by atoms with Crippen LogP contribution in [0.15, 0.2) is 24.3 Å². The summed E-state index contributed by atoms with van der Waals surface area (Å²) in [4.78, 5) is 23.7. The SMILES string of the molecule is COCC(=O)N[C@@H]1CO[C@@H]2[C@@H]1OC[C@H]2OC(=O)Nc1ccc(OC)cc1. The van der Waals surface area contributed by atoms with Gasteiger partial charge >= 0.3 is 6.09 Å². The van der Waals surface area contributed by atoms with Crippen LogP contribution < -0.4 is 15.4 Å². The molecule has 142 valence electrons. The highest BCUT2D eigenvalue weighted by atomic mass is 16.6. The Labute approximate surface area is 150 Å². The van der Waals surface area contributed by atoms with Crippen LogP contribution in [-0.4, -0.2) is 70.4 Å². The van der Waals surface area contributed by atoms with Crippen LogP contribution in [0, 0.1) is 0 Å². The van der Waals surface area contributed by atoms with E-state index < -0.39 is 18.3 Å². The first kappa shape index (κ1) is 18.4. The highest BCUT2D eigenvalue weighted by Crippen LogP contribution is 2.29. The summed E-state index contributed by atoms with van der Waals surface area (Å²) >= 11 is 0. The number of carbonyl (C=O) groups excluding carboxylic acids is 2. The average molecular weight is 366 g/mol. The second-order valence-electron chi connectivity index (χ2n) is 6.00. The van der Waals surface area contributed by atoms with Crippen molar-refractivity contribution in [2.75, 3.05) is 39.4 Å². The summed E-state index contributed by atoms with van der Waals surface area (Å²) in [6.07, 6.45) is -1.90. The summed E-state index contributed by atoms with van der Waals surface area (Å²) in [6, 6.07) is 6.60. The molecule has 1 aromatic rings. The van der Waals surface area contributed by atoms with Gasteiger partial charge in [0.15, 0.2) is 6.10 Å². The summed E-state index contributed by atoms with van der Waals surface area (Å²) in [5.41, 5.74) is 0.586. The number of hydrogen-bond acceptors (Lipinski definition) is 7. The number of rotatable bonds is 6. The zero-order valence-electron chi connectivity index (χ0n) is 14.6. The summed E-state index contributed by atoms with van der Waals surface area (Å²) < 4.78 is 26.6. The first-order valence-electron chi connectivity index (χ1n) is 8.24. The molecule has 2 N–H and O–H groups in total. The molecule has 0 unspecified atom stereocenters. The van der Waals surface area contributed by atoms with Gasteiger partial charge in [-0.1, -0.05) is 0 Å². The largest absolute Gasteiger partial charge is 0.497 e. The Hall–Kier alpha value is -2.36. The van der Waals surface area contributed by atoms with Gasteiger partial charge in [-0.05, 0) is 24.3 Å². The maximum Gasteiger partial charge on any atom is 0.412 e. The van der Waals surface area contributed by atoms with E-state index in [1.54, 1.807) is 31.4 Å². The molecule has 9 nitrogen and oxygen atoms in total. The minimum Gasteiger partial charge on any atom is -0.497 e. The molecule has 0 aliphatic carbocycles. The Morgan fingerprint density at radius 2 is 1.85 bits per heavy atom. The number of ether oxygens (including phenoxy) is 5. The van der Waals surface area contributed by atoms with E-state index >= 15 is 0 Å². The molecule has 2 heterocycles. The summed E-state index contributed by atoms with van der Waals surface area (Å²) in [5.74, 6) is 0.448. The van der Waals surface area contributed by atoms with E-state index in [0.717, 1.165) is 0 Å². The third kappa shape index (κ3) is 4.24. The third-order valence-corrected chi connectivity index (χ3v) is 4.22. The van der Waals surface area contributed by atoms with Crippen molar-refractivity contribution in [1.82, 2.24) is 5.32 Å². The third-order valence-electron chi connectivity index (χ3n) is 4.22. The minimum atomic E-state index is -0.597. The first-order chi connectivity index (χ1) is 12.6. The molecule has 0 radical (unpaired) electrons. The predicted molar refractivity (Wildman–Crippen MR) is 90.2 cm³/mol. The molecule has 2 saturated heterocycles. The Bertz CT molecular complexity index is 637. The van der Waals surface area contributed by atoms with E-state index in [2.05, 4.69) is 10.6 Å². The molecule has 1 aromatic carbocycles. The fourth-order valence-corrected chi connectivity index (χ4v) is 3.03. The average Bonchev–Trinajstić information content (AvgIpc) is 3.20. The zero-order chi connectivity index (χ0) is 18.5. The summed E-state index contributed by atoms with van der Waals surface area (Å²) in [5, 5.41) is 5.44. The topological polar surface area (TPSA) is 104 Å². The second-order valence-corrected chi connectivity index (χ2v) is 6.00. The fourth-order valence-electron chi connectivity index (χ4n) is 3.03. The molecule has 0 bridgehead atoms. The van der Waals surface area contributed by atoms with Crippen molar-refractivity contribution in [3.8, 4) is 5.75 Å². The minimum absolute atomic E-state index is 0.0297. The number of carbonyl (C=O) groups is 2. The fraction of sp³-hybridized carbons (Fsp3) is 0.529. The van der Waals surface area contributed by atoms with Crippen LogP contribution in [0.25, 0.3) is 0 Å². The second kappa shape index (κ2) is 8.35. The van der Waals surface area contributed by atoms with Crippen LogP contribution >= 0.6 is 0 Å². The molecule has 2 fully saturated rings. The number of anilines is 1. The van der Waals surface area contributed by atoms with Crippen molar-refractivity contribution in [2.45, 2.75) is 24.4 Å². The van der Waals surface area contributed by atoms with Crippen LogP contribution in [0.3, 0.4) is 0 Å². The van der Waals surface area contributed by atoms with Gasteiger partial charge in [-0.15, -0.1) is 0 Å². The van der Waals surface area contributed by atoms with Crippen molar-refractivity contribution in [3.63, 3.8) is 0 Å². The van der Waals surface area contributed by atoms with Crippen LogP contribution in [0.5, 0.6) is 5.75 Å². The lowest BCUT2D eigenvalue weighted by molar-refractivity contribution is -0.126. The molecule has 9 heteroatoms. The predicted octanol–water partition coefficient (Wildman–Crippen LogP) is 0.541. The van der Waals surface area contributed by atoms with Crippen molar-refractivity contribution in [3.05, 3.63) is 24.3 Å². The molecule has 0 spiro atoms. The van der Waals surface area contributed by atoms with E-state index in [1.165, 1.54) is 7.11 Å². The van der Waals surface area contributed by atoms with Crippen LogP contribution in [0.2, 0.25) is 0 Å². The molecule has 2 aliphatic heterocycles. The quantitative estimate of drug-likeness (QED) is 0.757. The molecule has 0 aromatic heterocycles. The van der Waals surface area contributed by atoms with E-state index in [-0.39, 0.29) is 31.3 Å². The van der Waals surface area contributed by atoms with Gasteiger partial charge in [-0.3, -0.25) is 10.1 Å². The Morgan fingerprint density at radius 1 is 1.12 bits per heavy atom. The molecule has 2 amide bonds. The summed E-state index contributed by atoms with van der Waals surface area (Å²) in [6.45, 7) is 0.477. The number of hydrogen-bond donors (Lipinski definition) is 2.